The summed E-state index contributed by atoms with van der Waals surface area (Å²) < 4.78 is 0. The molecule has 1 radical (unpaired) electrons. The zero-order valence-electron chi connectivity index (χ0n) is 11.8. The number of rotatable bonds is 13. The monoisotopic (exact) mass is 235 g/mol. The van der Waals surface area contributed by atoms with Gasteiger partial charge in [-0.2, -0.15) is 0 Å². The third-order valence-electron chi connectivity index (χ3n) is 3.13. The van der Waals surface area contributed by atoms with Crippen LogP contribution in [-0.4, -0.2) is 0 Å². The fourth-order valence-corrected chi connectivity index (χ4v) is 1.98. The van der Waals surface area contributed by atoms with E-state index in [1.54, 1.807) is 6.08 Å². The Kier molecular flexibility index (Phi) is 15.0. The minimum absolute atomic E-state index is 1.06. The summed E-state index contributed by atoms with van der Waals surface area (Å²) in [4.78, 5) is 0. The molecule has 0 N–H and O–H groups in total. The van der Waals surface area contributed by atoms with E-state index in [-0.39, 0.29) is 0 Å². The van der Waals surface area contributed by atoms with Gasteiger partial charge in [0.1, 0.15) is 0 Å². The van der Waals surface area contributed by atoms with Crippen LogP contribution in [0.5, 0.6) is 0 Å². The summed E-state index contributed by atoms with van der Waals surface area (Å²) in [5, 5.41) is 0. The number of allylic oxidation sites excluding steroid dienone is 3. The van der Waals surface area contributed by atoms with Gasteiger partial charge >= 0.3 is 0 Å². The van der Waals surface area contributed by atoms with Crippen LogP contribution in [0.15, 0.2) is 18.2 Å². The van der Waals surface area contributed by atoms with Gasteiger partial charge in [-0.15, -0.1) is 0 Å². The molecule has 0 unspecified atom stereocenters. The van der Waals surface area contributed by atoms with Crippen molar-refractivity contribution >= 4 is 0 Å². The Bertz CT molecular complexity index is 167. The summed E-state index contributed by atoms with van der Waals surface area (Å²) in [6.45, 7) is 7.60. The van der Waals surface area contributed by atoms with Gasteiger partial charge in [0.25, 0.3) is 0 Å². The fraction of sp³-hybridized carbons (Fsp3) is 0.765. The molecule has 0 heteroatoms. The highest BCUT2D eigenvalue weighted by Gasteiger charge is 1.89. The first kappa shape index (κ1) is 16.5. The van der Waals surface area contributed by atoms with Crippen LogP contribution in [0, 0.1) is 6.58 Å². The Hall–Kier alpha value is -0.520. The fourth-order valence-electron chi connectivity index (χ4n) is 1.98. The topological polar surface area (TPSA) is 0 Å². The van der Waals surface area contributed by atoms with Crippen LogP contribution in [0.4, 0.5) is 0 Å². The van der Waals surface area contributed by atoms with E-state index in [1.807, 2.05) is 0 Å². The third-order valence-corrected chi connectivity index (χ3v) is 3.13. The summed E-state index contributed by atoms with van der Waals surface area (Å²) in [5.41, 5.74) is 0. The van der Waals surface area contributed by atoms with Gasteiger partial charge in [-0.1, -0.05) is 70.3 Å². The predicted octanol–water partition coefficient (Wildman–Crippen LogP) is 6.23. The highest BCUT2D eigenvalue weighted by atomic mass is 14.0. The Morgan fingerprint density at radius 2 is 1.12 bits per heavy atom. The van der Waals surface area contributed by atoms with Gasteiger partial charge in [0.2, 0.25) is 0 Å². The largest absolute Gasteiger partial charge is 0.0885 e. The van der Waals surface area contributed by atoms with E-state index in [0.29, 0.717) is 0 Å². The Balaban J connectivity index is 3.01. The molecular weight excluding hydrogens is 204 g/mol. The van der Waals surface area contributed by atoms with E-state index in [1.165, 1.54) is 70.6 Å². The molecule has 0 saturated carbocycles. The lowest BCUT2D eigenvalue weighted by atomic mass is 10.1. The molecule has 0 fully saturated rings. The standard InChI is InChI=1S/C17H31/c1-3-5-7-9-11-13-15-17-16-14-12-10-8-6-4-2/h1,3,13,15H,4-12,14,16-17H2,2H3/b3-1?,15-13+. The number of unbranched alkanes of at least 4 members (excludes halogenated alkanes) is 10. The maximum Gasteiger partial charge on any atom is -0.0347 e. The summed E-state index contributed by atoms with van der Waals surface area (Å²) >= 11 is 0. The second-order valence-electron chi connectivity index (χ2n) is 4.90. The predicted molar refractivity (Wildman–Crippen MR) is 79.1 cm³/mol. The molecule has 0 aromatic heterocycles. The zero-order valence-corrected chi connectivity index (χ0v) is 11.8. The lowest BCUT2D eigenvalue weighted by molar-refractivity contribution is 0.592. The number of hydrogen-bond donors (Lipinski definition) is 0. The minimum atomic E-state index is 1.06. The Morgan fingerprint density at radius 1 is 0.647 bits per heavy atom. The molecule has 0 aromatic rings. The summed E-state index contributed by atoms with van der Waals surface area (Å²) in [7, 11) is 0. The summed E-state index contributed by atoms with van der Waals surface area (Å²) in [5.74, 6) is 0. The molecule has 0 spiro atoms. The highest BCUT2D eigenvalue weighted by molar-refractivity contribution is 4.81. The van der Waals surface area contributed by atoms with Crippen LogP contribution in [-0.2, 0) is 0 Å². The van der Waals surface area contributed by atoms with Gasteiger partial charge < -0.3 is 0 Å². The second kappa shape index (κ2) is 15.5. The van der Waals surface area contributed by atoms with E-state index in [2.05, 4.69) is 19.1 Å². The first-order valence-corrected chi connectivity index (χ1v) is 7.60. The van der Waals surface area contributed by atoms with E-state index >= 15 is 0 Å². The second-order valence-corrected chi connectivity index (χ2v) is 4.90. The molecule has 0 aromatic carbocycles. The Labute approximate surface area is 109 Å². The van der Waals surface area contributed by atoms with E-state index in [0.717, 1.165) is 6.42 Å². The number of hydrogen-bond acceptors (Lipinski definition) is 0. The molecule has 0 heterocycles. The minimum Gasteiger partial charge on any atom is -0.0885 e. The van der Waals surface area contributed by atoms with Gasteiger partial charge in [0.05, 0.1) is 0 Å². The SMILES string of the molecule is [CH]=CCCCC/C=C/CCCCCCCCC. The van der Waals surface area contributed by atoms with Gasteiger partial charge in [0, 0.05) is 0 Å². The molecular formula is C17H31. The smallest absolute Gasteiger partial charge is 0.0347 e. The van der Waals surface area contributed by atoms with Crippen molar-refractivity contribution in [1.82, 2.24) is 0 Å². The van der Waals surface area contributed by atoms with Crippen LogP contribution in [0.25, 0.3) is 0 Å². The average molecular weight is 235 g/mol. The van der Waals surface area contributed by atoms with Crippen LogP contribution in [0.1, 0.15) is 84.0 Å². The molecule has 0 saturated heterocycles. The lowest BCUT2D eigenvalue weighted by Crippen LogP contribution is -1.79. The van der Waals surface area contributed by atoms with Gasteiger partial charge in [-0.3, -0.25) is 0 Å². The van der Waals surface area contributed by atoms with Crippen molar-refractivity contribution in [3.63, 3.8) is 0 Å². The van der Waals surface area contributed by atoms with Gasteiger partial charge in [-0.05, 0) is 38.5 Å². The average Bonchev–Trinajstić information content (AvgIpc) is 2.35. The first-order chi connectivity index (χ1) is 8.41. The quantitative estimate of drug-likeness (QED) is 0.262. The van der Waals surface area contributed by atoms with Crippen molar-refractivity contribution in [2.45, 2.75) is 84.0 Å². The molecule has 0 aliphatic heterocycles. The van der Waals surface area contributed by atoms with Crippen molar-refractivity contribution in [2.24, 2.45) is 0 Å². The van der Waals surface area contributed by atoms with Crippen molar-refractivity contribution in [2.75, 3.05) is 0 Å². The summed E-state index contributed by atoms with van der Waals surface area (Å²) in [6, 6.07) is 0. The maximum absolute atomic E-state index is 5.32. The molecule has 0 nitrogen and oxygen atoms in total. The van der Waals surface area contributed by atoms with Crippen LogP contribution in [0.2, 0.25) is 0 Å². The van der Waals surface area contributed by atoms with Gasteiger partial charge in [0.15, 0.2) is 0 Å². The van der Waals surface area contributed by atoms with Crippen LogP contribution >= 0.6 is 0 Å². The molecule has 99 valence electrons. The van der Waals surface area contributed by atoms with Crippen molar-refractivity contribution in [1.29, 1.82) is 0 Å². The molecule has 0 aliphatic carbocycles. The normalized spacial score (nSPS) is 11.1. The summed E-state index contributed by atoms with van der Waals surface area (Å²) in [6.07, 6.45) is 22.4. The molecule has 0 amide bonds. The Morgan fingerprint density at radius 3 is 1.71 bits per heavy atom. The molecule has 0 rings (SSSR count). The zero-order chi connectivity index (χ0) is 12.6. The van der Waals surface area contributed by atoms with Gasteiger partial charge in [-0.25, -0.2) is 0 Å². The lowest BCUT2D eigenvalue weighted by Gasteiger charge is -1.98. The van der Waals surface area contributed by atoms with Crippen molar-refractivity contribution in [3.8, 4) is 0 Å². The van der Waals surface area contributed by atoms with E-state index in [4.69, 9.17) is 6.58 Å². The molecule has 0 aliphatic rings. The van der Waals surface area contributed by atoms with Crippen molar-refractivity contribution in [3.05, 3.63) is 24.8 Å². The van der Waals surface area contributed by atoms with E-state index in [9.17, 15) is 0 Å². The molecule has 0 bridgehead atoms. The highest BCUT2D eigenvalue weighted by Crippen LogP contribution is 2.09. The van der Waals surface area contributed by atoms with E-state index < -0.39 is 0 Å². The van der Waals surface area contributed by atoms with Crippen LogP contribution < -0.4 is 0 Å². The molecule has 0 atom stereocenters. The van der Waals surface area contributed by atoms with Crippen molar-refractivity contribution < 1.29 is 0 Å². The molecule has 17 heavy (non-hydrogen) atoms. The first-order valence-electron chi connectivity index (χ1n) is 7.60. The maximum atomic E-state index is 5.32. The van der Waals surface area contributed by atoms with Crippen LogP contribution in [0.3, 0.4) is 0 Å². The third kappa shape index (κ3) is 15.5.